The Hall–Kier alpha value is 0.190. The molecule has 0 aromatic carbocycles. The SMILES string of the molecule is CCN(C)CCN1CCO[C@H](CCNS)C1. The molecule has 0 aliphatic carbocycles. The number of nitrogens with one attached hydrogen (secondary N) is 1. The van der Waals surface area contributed by atoms with E-state index in [1.54, 1.807) is 0 Å². The molecule has 1 aliphatic heterocycles. The first kappa shape index (κ1) is 14.3. The fourth-order valence-corrected chi connectivity index (χ4v) is 1.98. The van der Waals surface area contributed by atoms with Crippen molar-refractivity contribution < 1.29 is 4.74 Å². The summed E-state index contributed by atoms with van der Waals surface area (Å²) in [5.41, 5.74) is 0. The Morgan fingerprint density at radius 2 is 2.38 bits per heavy atom. The molecule has 1 heterocycles. The predicted octanol–water partition coefficient (Wildman–Crippen LogP) is 0.463. The molecule has 0 amide bonds. The van der Waals surface area contributed by atoms with Crippen molar-refractivity contribution in [2.45, 2.75) is 19.4 Å². The van der Waals surface area contributed by atoms with Gasteiger partial charge in [0.15, 0.2) is 0 Å². The quantitative estimate of drug-likeness (QED) is 0.640. The molecule has 5 heteroatoms. The third-order valence-corrected chi connectivity index (χ3v) is 3.36. The lowest BCUT2D eigenvalue weighted by atomic mass is 10.2. The molecule has 1 aliphatic rings. The van der Waals surface area contributed by atoms with Crippen molar-refractivity contribution >= 4 is 12.8 Å². The molecular formula is C11H25N3OS. The second-order valence-electron chi connectivity index (χ2n) is 4.39. The second-order valence-corrected chi connectivity index (χ2v) is 4.70. The van der Waals surface area contributed by atoms with E-state index in [0.29, 0.717) is 6.10 Å². The van der Waals surface area contributed by atoms with E-state index in [2.05, 4.69) is 41.3 Å². The highest BCUT2D eigenvalue weighted by atomic mass is 32.1. The molecule has 1 saturated heterocycles. The number of hydrogen-bond donors (Lipinski definition) is 2. The van der Waals surface area contributed by atoms with E-state index in [-0.39, 0.29) is 0 Å². The van der Waals surface area contributed by atoms with Crippen molar-refractivity contribution in [3.8, 4) is 0 Å². The van der Waals surface area contributed by atoms with Crippen LogP contribution in [0.5, 0.6) is 0 Å². The number of likely N-dealkylation sites (N-methyl/N-ethyl adjacent to an activating group) is 1. The molecule has 4 nitrogen and oxygen atoms in total. The normalized spacial score (nSPS) is 22.9. The van der Waals surface area contributed by atoms with Gasteiger partial charge in [0, 0.05) is 32.7 Å². The Balaban J connectivity index is 2.17. The van der Waals surface area contributed by atoms with Crippen LogP contribution in [0.1, 0.15) is 13.3 Å². The zero-order valence-electron chi connectivity index (χ0n) is 10.5. The molecule has 0 bridgehead atoms. The summed E-state index contributed by atoms with van der Waals surface area (Å²) in [7, 11) is 2.17. The van der Waals surface area contributed by atoms with Gasteiger partial charge in [-0.2, -0.15) is 0 Å². The van der Waals surface area contributed by atoms with Gasteiger partial charge in [-0.3, -0.25) is 9.62 Å². The molecule has 0 unspecified atom stereocenters. The molecule has 0 aromatic heterocycles. The maximum Gasteiger partial charge on any atom is 0.0715 e. The van der Waals surface area contributed by atoms with Gasteiger partial charge in [-0.15, -0.1) is 0 Å². The minimum Gasteiger partial charge on any atom is -0.376 e. The minimum absolute atomic E-state index is 0.375. The van der Waals surface area contributed by atoms with Crippen LogP contribution in [0, 0.1) is 0 Å². The van der Waals surface area contributed by atoms with Crippen LogP contribution in [0.15, 0.2) is 0 Å². The molecule has 0 saturated carbocycles. The van der Waals surface area contributed by atoms with Crippen molar-refractivity contribution in [1.29, 1.82) is 0 Å². The molecule has 0 radical (unpaired) electrons. The van der Waals surface area contributed by atoms with E-state index >= 15 is 0 Å². The second kappa shape index (κ2) is 8.31. The zero-order valence-corrected chi connectivity index (χ0v) is 11.4. The lowest BCUT2D eigenvalue weighted by Gasteiger charge is -2.33. The summed E-state index contributed by atoms with van der Waals surface area (Å²) < 4.78 is 8.59. The number of nitrogens with zero attached hydrogens (tertiary/aromatic N) is 2. The van der Waals surface area contributed by atoms with Gasteiger partial charge in [-0.05, 0) is 20.0 Å². The third kappa shape index (κ3) is 5.50. The largest absolute Gasteiger partial charge is 0.376 e. The van der Waals surface area contributed by atoms with E-state index in [0.717, 1.165) is 52.3 Å². The monoisotopic (exact) mass is 247 g/mol. The van der Waals surface area contributed by atoms with Crippen LogP contribution in [0.2, 0.25) is 0 Å². The number of rotatable bonds is 7. The Bertz CT molecular complexity index is 183. The number of ether oxygens (including phenoxy) is 1. The highest BCUT2D eigenvalue weighted by Crippen LogP contribution is 2.08. The van der Waals surface area contributed by atoms with Crippen molar-refractivity contribution in [2.24, 2.45) is 0 Å². The van der Waals surface area contributed by atoms with Crippen LogP contribution >= 0.6 is 12.8 Å². The molecule has 1 atom stereocenters. The fourth-order valence-electron chi connectivity index (χ4n) is 1.85. The van der Waals surface area contributed by atoms with Crippen molar-refractivity contribution in [1.82, 2.24) is 14.5 Å². The summed E-state index contributed by atoms with van der Waals surface area (Å²) in [6.45, 7) is 9.53. The Kier molecular flexibility index (Phi) is 7.40. The Labute approximate surface area is 105 Å². The van der Waals surface area contributed by atoms with Gasteiger partial charge >= 0.3 is 0 Å². The average molecular weight is 247 g/mol. The van der Waals surface area contributed by atoms with Crippen LogP contribution in [0.3, 0.4) is 0 Å². The molecule has 0 spiro atoms. The summed E-state index contributed by atoms with van der Waals surface area (Å²) in [5, 5.41) is 0. The standard InChI is InChI=1S/C11H25N3OS/c1-3-13(2)6-7-14-8-9-15-11(10-14)4-5-12-16/h11-12,16H,3-10H2,1-2H3/t11-/m1/s1. The van der Waals surface area contributed by atoms with Crippen molar-refractivity contribution in [3.63, 3.8) is 0 Å². The Morgan fingerprint density at radius 1 is 1.56 bits per heavy atom. The third-order valence-electron chi connectivity index (χ3n) is 3.14. The zero-order chi connectivity index (χ0) is 11.8. The summed E-state index contributed by atoms with van der Waals surface area (Å²) in [6.07, 6.45) is 1.42. The molecule has 1 fully saturated rings. The van der Waals surface area contributed by atoms with Crippen LogP contribution in [-0.4, -0.2) is 68.8 Å². The van der Waals surface area contributed by atoms with Gasteiger partial charge in [0.2, 0.25) is 0 Å². The van der Waals surface area contributed by atoms with Gasteiger partial charge < -0.3 is 9.64 Å². The van der Waals surface area contributed by atoms with Gasteiger partial charge in [0.1, 0.15) is 0 Å². The molecule has 0 aromatic rings. The van der Waals surface area contributed by atoms with Crippen LogP contribution in [0.25, 0.3) is 0 Å². The van der Waals surface area contributed by atoms with E-state index in [1.165, 1.54) is 0 Å². The summed E-state index contributed by atoms with van der Waals surface area (Å²) in [5.74, 6) is 0. The summed E-state index contributed by atoms with van der Waals surface area (Å²) in [4.78, 5) is 4.85. The number of hydrogen-bond acceptors (Lipinski definition) is 5. The van der Waals surface area contributed by atoms with Crippen molar-refractivity contribution in [3.05, 3.63) is 0 Å². The topological polar surface area (TPSA) is 27.7 Å². The Morgan fingerprint density at radius 3 is 3.06 bits per heavy atom. The summed E-state index contributed by atoms with van der Waals surface area (Å²) >= 11 is 4.00. The van der Waals surface area contributed by atoms with E-state index in [1.807, 2.05) is 0 Å². The van der Waals surface area contributed by atoms with Gasteiger partial charge in [-0.25, -0.2) is 0 Å². The number of morpholine rings is 1. The molecule has 1 rings (SSSR count). The number of thiol groups is 1. The molecule has 1 N–H and O–H groups in total. The maximum atomic E-state index is 5.71. The van der Waals surface area contributed by atoms with Gasteiger partial charge in [-0.1, -0.05) is 19.7 Å². The molecule has 96 valence electrons. The first-order valence-corrected chi connectivity index (χ1v) is 6.60. The minimum atomic E-state index is 0.375. The summed E-state index contributed by atoms with van der Waals surface area (Å²) in [6, 6.07) is 0. The molecule has 16 heavy (non-hydrogen) atoms. The van der Waals surface area contributed by atoms with E-state index in [9.17, 15) is 0 Å². The van der Waals surface area contributed by atoms with Gasteiger partial charge in [0.05, 0.1) is 12.7 Å². The van der Waals surface area contributed by atoms with Crippen LogP contribution in [0.4, 0.5) is 0 Å². The van der Waals surface area contributed by atoms with Gasteiger partial charge in [0.25, 0.3) is 0 Å². The first-order chi connectivity index (χ1) is 7.76. The maximum absolute atomic E-state index is 5.71. The van der Waals surface area contributed by atoms with Crippen molar-refractivity contribution in [2.75, 3.05) is 52.9 Å². The average Bonchev–Trinajstić information content (AvgIpc) is 2.34. The first-order valence-electron chi connectivity index (χ1n) is 6.15. The van der Waals surface area contributed by atoms with E-state index < -0.39 is 0 Å². The molecular weight excluding hydrogens is 222 g/mol. The lowest BCUT2D eigenvalue weighted by Crippen LogP contribution is -2.45. The van der Waals surface area contributed by atoms with Crippen LogP contribution in [-0.2, 0) is 4.74 Å². The smallest absolute Gasteiger partial charge is 0.0715 e. The fraction of sp³-hybridized carbons (Fsp3) is 1.00. The highest BCUT2D eigenvalue weighted by Gasteiger charge is 2.19. The lowest BCUT2D eigenvalue weighted by molar-refractivity contribution is -0.0324. The van der Waals surface area contributed by atoms with Crippen LogP contribution < -0.4 is 4.72 Å². The highest BCUT2D eigenvalue weighted by molar-refractivity contribution is 7.78. The van der Waals surface area contributed by atoms with E-state index in [4.69, 9.17) is 4.74 Å². The predicted molar refractivity (Wildman–Crippen MR) is 71.0 cm³/mol.